The summed E-state index contributed by atoms with van der Waals surface area (Å²) in [5, 5.41) is 11.9. The molecule has 1 aliphatic heterocycles. The van der Waals surface area contributed by atoms with E-state index in [2.05, 4.69) is 11.4 Å². The number of aliphatic hydroxyl groups is 1. The fourth-order valence-corrected chi connectivity index (χ4v) is 2.44. The molecule has 4 nitrogen and oxygen atoms in total. The molecule has 18 heavy (non-hydrogen) atoms. The van der Waals surface area contributed by atoms with Gasteiger partial charge in [-0.2, -0.15) is 0 Å². The molecular weight excluding hydrogens is 228 g/mol. The van der Waals surface area contributed by atoms with E-state index in [0.29, 0.717) is 13.1 Å². The molecule has 0 bridgehead atoms. The molecule has 0 aliphatic carbocycles. The van der Waals surface area contributed by atoms with Crippen molar-refractivity contribution in [3.63, 3.8) is 0 Å². The van der Waals surface area contributed by atoms with Crippen LogP contribution in [0, 0.1) is 0 Å². The van der Waals surface area contributed by atoms with E-state index in [1.54, 1.807) is 4.90 Å². The SMILES string of the molecule is CN1C(=O)C(C)(C)c2cc(CNCCO)ccc21. The van der Waals surface area contributed by atoms with Crippen LogP contribution in [0.4, 0.5) is 5.69 Å². The van der Waals surface area contributed by atoms with E-state index in [-0.39, 0.29) is 12.5 Å². The Morgan fingerprint density at radius 2 is 2.11 bits per heavy atom. The number of amides is 1. The zero-order chi connectivity index (χ0) is 13.3. The van der Waals surface area contributed by atoms with Crippen LogP contribution in [0.5, 0.6) is 0 Å². The Bertz CT molecular complexity index is 469. The van der Waals surface area contributed by atoms with E-state index < -0.39 is 5.41 Å². The average Bonchev–Trinajstić information content (AvgIpc) is 2.52. The number of aliphatic hydroxyl groups excluding tert-OH is 1. The van der Waals surface area contributed by atoms with E-state index in [9.17, 15) is 4.79 Å². The van der Waals surface area contributed by atoms with Crippen LogP contribution in [0.1, 0.15) is 25.0 Å². The highest BCUT2D eigenvalue weighted by Gasteiger charge is 2.42. The summed E-state index contributed by atoms with van der Waals surface area (Å²) in [6, 6.07) is 6.10. The lowest BCUT2D eigenvalue weighted by Crippen LogP contribution is -2.33. The molecule has 1 heterocycles. The molecule has 1 aromatic rings. The summed E-state index contributed by atoms with van der Waals surface area (Å²) in [5.74, 6) is 0.137. The van der Waals surface area contributed by atoms with Crippen LogP contribution in [0.25, 0.3) is 0 Å². The molecule has 4 heteroatoms. The van der Waals surface area contributed by atoms with Gasteiger partial charge in [-0.1, -0.05) is 12.1 Å². The van der Waals surface area contributed by atoms with Crippen molar-refractivity contribution in [2.75, 3.05) is 25.1 Å². The van der Waals surface area contributed by atoms with E-state index in [1.807, 2.05) is 33.0 Å². The quantitative estimate of drug-likeness (QED) is 0.782. The largest absolute Gasteiger partial charge is 0.395 e. The minimum Gasteiger partial charge on any atom is -0.395 e. The molecule has 98 valence electrons. The molecule has 1 amide bonds. The summed E-state index contributed by atoms with van der Waals surface area (Å²) >= 11 is 0. The van der Waals surface area contributed by atoms with Crippen LogP contribution in [-0.2, 0) is 16.8 Å². The Hall–Kier alpha value is -1.39. The Labute approximate surface area is 108 Å². The third-order valence-corrected chi connectivity index (χ3v) is 3.55. The first kappa shape index (κ1) is 13.1. The number of rotatable bonds is 4. The first-order valence-electron chi connectivity index (χ1n) is 6.21. The fourth-order valence-electron chi connectivity index (χ4n) is 2.44. The van der Waals surface area contributed by atoms with Crippen molar-refractivity contribution in [2.24, 2.45) is 0 Å². The van der Waals surface area contributed by atoms with Crippen molar-refractivity contribution >= 4 is 11.6 Å². The summed E-state index contributed by atoms with van der Waals surface area (Å²) in [6.07, 6.45) is 0. The number of hydrogen-bond acceptors (Lipinski definition) is 3. The topological polar surface area (TPSA) is 52.6 Å². The lowest BCUT2D eigenvalue weighted by molar-refractivity contribution is -0.121. The number of carbonyl (C=O) groups excluding carboxylic acids is 1. The third kappa shape index (κ3) is 2.02. The van der Waals surface area contributed by atoms with Gasteiger partial charge in [0.25, 0.3) is 0 Å². The molecule has 2 rings (SSSR count). The zero-order valence-corrected chi connectivity index (χ0v) is 11.2. The van der Waals surface area contributed by atoms with Gasteiger partial charge in [0.15, 0.2) is 0 Å². The van der Waals surface area contributed by atoms with Crippen LogP contribution in [0.15, 0.2) is 18.2 Å². The number of hydrogen-bond donors (Lipinski definition) is 2. The highest BCUT2D eigenvalue weighted by molar-refractivity contribution is 6.07. The van der Waals surface area contributed by atoms with Crippen molar-refractivity contribution in [2.45, 2.75) is 25.8 Å². The van der Waals surface area contributed by atoms with Gasteiger partial charge in [0.1, 0.15) is 0 Å². The minimum absolute atomic E-state index is 0.137. The summed E-state index contributed by atoms with van der Waals surface area (Å²) in [5.41, 5.74) is 2.77. The van der Waals surface area contributed by atoms with Crippen LogP contribution in [0.2, 0.25) is 0 Å². The lowest BCUT2D eigenvalue weighted by Gasteiger charge is -2.16. The van der Waals surface area contributed by atoms with Crippen molar-refractivity contribution in [1.82, 2.24) is 5.32 Å². The zero-order valence-electron chi connectivity index (χ0n) is 11.2. The van der Waals surface area contributed by atoms with Gasteiger partial charge in [-0.3, -0.25) is 4.79 Å². The Balaban J connectivity index is 2.27. The van der Waals surface area contributed by atoms with Crippen molar-refractivity contribution < 1.29 is 9.90 Å². The van der Waals surface area contributed by atoms with E-state index in [4.69, 9.17) is 5.11 Å². The maximum atomic E-state index is 12.1. The maximum Gasteiger partial charge on any atom is 0.236 e. The van der Waals surface area contributed by atoms with E-state index >= 15 is 0 Å². The van der Waals surface area contributed by atoms with Gasteiger partial charge in [-0.25, -0.2) is 0 Å². The smallest absolute Gasteiger partial charge is 0.236 e. The number of anilines is 1. The number of benzene rings is 1. The molecule has 1 aliphatic rings. The second-order valence-electron chi connectivity index (χ2n) is 5.24. The molecule has 0 aromatic heterocycles. The average molecular weight is 248 g/mol. The Morgan fingerprint density at radius 3 is 2.78 bits per heavy atom. The standard InChI is InChI=1S/C14H20N2O2/c1-14(2)11-8-10(9-15-6-7-17)4-5-12(11)16(3)13(14)18/h4-5,8,15,17H,6-7,9H2,1-3H3. The molecule has 1 aromatic carbocycles. The normalized spacial score (nSPS) is 17.1. The Morgan fingerprint density at radius 1 is 1.39 bits per heavy atom. The Kier molecular flexibility index (Phi) is 3.41. The van der Waals surface area contributed by atoms with Gasteiger partial charge in [-0.05, 0) is 31.0 Å². The molecule has 2 N–H and O–H groups in total. The molecule has 0 radical (unpaired) electrons. The van der Waals surface area contributed by atoms with Gasteiger partial charge < -0.3 is 15.3 Å². The van der Waals surface area contributed by atoms with Crippen LogP contribution in [0.3, 0.4) is 0 Å². The predicted molar refractivity (Wildman–Crippen MR) is 71.7 cm³/mol. The first-order chi connectivity index (χ1) is 8.48. The second kappa shape index (κ2) is 4.71. The van der Waals surface area contributed by atoms with Gasteiger partial charge in [-0.15, -0.1) is 0 Å². The van der Waals surface area contributed by atoms with Gasteiger partial charge in [0.05, 0.1) is 12.0 Å². The molecule has 0 saturated carbocycles. The third-order valence-electron chi connectivity index (χ3n) is 3.55. The van der Waals surface area contributed by atoms with Gasteiger partial charge >= 0.3 is 0 Å². The number of nitrogens with one attached hydrogen (secondary N) is 1. The lowest BCUT2D eigenvalue weighted by atomic mass is 9.85. The molecule has 0 spiro atoms. The van der Waals surface area contributed by atoms with Gasteiger partial charge in [0.2, 0.25) is 5.91 Å². The molecule has 0 unspecified atom stereocenters. The predicted octanol–water partition coefficient (Wildman–Crippen LogP) is 1.02. The van der Waals surface area contributed by atoms with E-state index in [0.717, 1.165) is 16.8 Å². The number of fused-ring (bicyclic) bond motifs is 1. The van der Waals surface area contributed by atoms with Crippen LogP contribution < -0.4 is 10.2 Å². The monoisotopic (exact) mass is 248 g/mol. The molecular formula is C14H20N2O2. The van der Waals surface area contributed by atoms with Crippen molar-refractivity contribution in [3.8, 4) is 0 Å². The first-order valence-corrected chi connectivity index (χ1v) is 6.21. The number of nitrogens with zero attached hydrogens (tertiary/aromatic N) is 1. The summed E-state index contributed by atoms with van der Waals surface area (Å²) < 4.78 is 0. The number of likely N-dealkylation sites (N-methyl/N-ethyl adjacent to an activating group) is 1. The van der Waals surface area contributed by atoms with Gasteiger partial charge in [0, 0.05) is 25.8 Å². The van der Waals surface area contributed by atoms with Crippen molar-refractivity contribution in [1.29, 1.82) is 0 Å². The summed E-state index contributed by atoms with van der Waals surface area (Å²) in [7, 11) is 1.82. The molecule has 0 saturated heterocycles. The molecule has 0 fully saturated rings. The highest BCUT2D eigenvalue weighted by atomic mass is 16.3. The van der Waals surface area contributed by atoms with Crippen molar-refractivity contribution in [3.05, 3.63) is 29.3 Å². The summed E-state index contributed by atoms with van der Waals surface area (Å²) in [4.78, 5) is 13.9. The fraction of sp³-hybridized carbons (Fsp3) is 0.500. The summed E-state index contributed by atoms with van der Waals surface area (Å²) in [6.45, 7) is 5.35. The minimum atomic E-state index is -0.447. The second-order valence-corrected chi connectivity index (χ2v) is 5.24. The highest BCUT2D eigenvalue weighted by Crippen LogP contribution is 2.40. The number of carbonyl (C=O) groups is 1. The van der Waals surface area contributed by atoms with Crippen LogP contribution in [-0.4, -0.2) is 31.2 Å². The maximum absolute atomic E-state index is 12.1. The van der Waals surface area contributed by atoms with Crippen LogP contribution >= 0.6 is 0 Å². The molecule has 0 atom stereocenters. The van der Waals surface area contributed by atoms with E-state index in [1.165, 1.54) is 0 Å².